The molecule has 5 heterocycles. The molecule has 4 aromatic rings. The molecular weight excluding hydrogens is 512 g/mol. The summed E-state index contributed by atoms with van der Waals surface area (Å²) in [6.45, 7) is 1.52. The van der Waals surface area contributed by atoms with Gasteiger partial charge in [-0.05, 0) is 24.8 Å². The van der Waals surface area contributed by atoms with Gasteiger partial charge in [-0.25, -0.2) is 33.6 Å². The third kappa shape index (κ3) is 5.67. The number of imidazole rings is 2. The Kier molecular flexibility index (Phi) is 6.72. The van der Waals surface area contributed by atoms with Crippen LogP contribution in [0.1, 0.15) is 18.4 Å². The summed E-state index contributed by atoms with van der Waals surface area (Å²) in [6, 6.07) is 1.24. The third-order valence-electron chi connectivity index (χ3n) is 5.74. The molecule has 0 aromatic carbocycles. The lowest BCUT2D eigenvalue weighted by Crippen LogP contribution is -2.36. The summed E-state index contributed by atoms with van der Waals surface area (Å²) in [5, 5.41) is 4.05. The predicted molar refractivity (Wildman–Crippen MR) is 129 cm³/mol. The second kappa shape index (κ2) is 9.97. The van der Waals surface area contributed by atoms with Crippen LogP contribution in [0.25, 0.3) is 17.1 Å². The average Bonchev–Trinajstić information content (AvgIpc) is 3.50. The number of nitrogens with one attached hydrogen (secondary N) is 1. The molecule has 194 valence electrons. The molecule has 0 aliphatic carbocycles. The molecule has 0 saturated carbocycles. The van der Waals surface area contributed by atoms with Crippen LogP contribution < -0.4 is 11.1 Å². The predicted octanol–water partition coefficient (Wildman–Crippen LogP) is 3.78. The molecule has 10 nitrogen and oxygen atoms in total. The SMILES string of the molecule is Cn1cnc(SN2CCC(Nc3ncc(C(F)(F)F)c(-c4cn(-c5cc(N)ncc5F)cn4)n3)CC2)c1. The van der Waals surface area contributed by atoms with Gasteiger partial charge in [0.1, 0.15) is 34.1 Å². The van der Waals surface area contributed by atoms with Gasteiger partial charge in [0.15, 0.2) is 5.82 Å². The Hall–Kier alpha value is -3.72. The summed E-state index contributed by atoms with van der Waals surface area (Å²) >= 11 is 1.57. The van der Waals surface area contributed by atoms with E-state index in [0.717, 1.165) is 43.4 Å². The molecule has 0 bridgehead atoms. The second-order valence-electron chi connectivity index (χ2n) is 8.50. The molecule has 0 radical (unpaired) electrons. The van der Waals surface area contributed by atoms with Gasteiger partial charge in [0.25, 0.3) is 0 Å². The van der Waals surface area contributed by atoms with Crippen molar-refractivity contribution in [3.63, 3.8) is 0 Å². The van der Waals surface area contributed by atoms with Crippen molar-refractivity contribution in [3.8, 4) is 17.1 Å². The van der Waals surface area contributed by atoms with E-state index in [2.05, 4.69) is 34.5 Å². The van der Waals surface area contributed by atoms with Crippen molar-refractivity contribution in [1.82, 2.24) is 38.4 Å². The first kappa shape index (κ1) is 25.0. The molecule has 0 spiro atoms. The largest absolute Gasteiger partial charge is 0.420 e. The summed E-state index contributed by atoms with van der Waals surface area (Å²) < 4.78 is 60.8. The number of pyridine rings is 1. The molecule has 3 N–H and O–H groups in total. The average molecular weight is 535 g/mol. The number of anilines is 2. The molecule has 1 aliphatic rings. The Bertz CT molecular complexity index is 1390. The fourth-order valence-electron chi connectivity index (χ4n) is 3.91. The smallest absolute Gasteiger partial charge is 0.384 e. The van der Waals surface area contributed by atoms with E-state index in [1.807, 2.05) is 17.8 Å². The van der Waals surface area contributed by atoms with Gasteiger partial charge >= 0.3 is 6.18 Å². The van der Waals surface area contributed by atoms with Crippen molar-refractivity contribution in [2.45, 2.75) is 30.1 Å². The number of hydrogen-bond acceptors (Lipinski definition) is 9. The van der Waals surface area contributed by atoms with E-state index in [-0.39, 0.29) is 29.2 Å². The zero-order valence-corrected chi connectivity index (χ0v) is 20.3. The van der Waals surface area contributed by atoms with Crippen molar-refractivity contribution >= 4 is 23.7 Å². The van der Waals surface area contributed by atoms with Crippen molar-refractivity contribution in [3.05, 3.63) is 54.9 Å². The number of nitrogens with zero attached hydrogens (tertiary/aromatic N) is 8. The highest BCUT2D eigenvalue weighted by Crippen LogP contribution is 2.36. The highest BCUT2D eigenvalue weighted by Gasteiger charge is 2.36. The van der Waals surface area contributed by atoms with Gasteiger partial charge < -0.3 is 20.2 Å². The Morgan fingerprint density at radius 3 is 2.54 bits per heavy atom. The van der Waals surface area contributed by atoms with E-state index in [0.29, 0.717) is 0 Å². The van der Waals surface area contributed by atoms with Crippen LogP contribution >= 0.6 is 11.9 Å². The van der Waals surface area contributed by atoms with Crippen LogP contribution in [0, 0.1) is 5.82 Å². The minimum atomic E-state index is -4.71. The van der Waals surface area contributed by atoms with Crippen LogP contribution in [-0.2, 0) is 13.2 Å². The summed E-state index contributed by atoms with van der Waals surface area (Å²) in [5.41, 5.74) is 4.09. The van der Waals surface area contributed by atoms with Crippen molar-refractivity contribution in [1.29, 1.82) is 0 Å². The molecule has 1 fully saturated rings. The first-order valence-corrected chi connectivity index (χ1v) is 12.0. The Balaban J connectivity index is 1.34. The number of rotatable bonds is 6. The van der Waals surface area contributed by atoms with Gasteiger partial charge in [0, 0.05) is 50.8 Å². The van der Waals surface area contributed by atoms with E-state index in [9.17, 15) is 17.6 Å². The Morgan fingerprint density at radius 2 is 1.84 bits per heavy atom. The standard InChI is InChI=1S/C22H22F4N10S/c1-34-10-19(31-11-34)37-36-4-2-13(3-5-36)32-21-29-7-14(22(24,25)26)20(33-21)16-9-35(12-30-16)17-6-18(27)28-8-15(17)23/h6-13H,2-5H2,1H3,(H2,27,28)(H,29,32,33). The lowest BCUT2D eigenvalue weighted by Gasteiger charge is -2.30. The maximum Gasteiger partial charge on any atom is 0.420 e. The number of aryl methyl sites for hydroxylation is 1. The zero-order chi connectivity index (χ0) is 26.2. The van der Waals surface area contributed by atoms with Crippen LogP contribution in [0.2, 0.25) is 0 Å². The highest BCUT2D eigenvalue weighted by molar-refractivity contribution is 7.97. The molecule has 0 amide bonds. The molecule has 0 atom stereocenters. The van der Waals surface area contributed by atoms with E-state index >= 15 is 0 Å². The summed E-state index contributed by atoms with van der Waals surface area (Å²) in [7, 11) is 1.91. The molecule has 37 heavy (non-hydrogen) atoms. The maximum atomic E-state index is 14.2. The van der Waals surface area contributed by atoms with Crippen LogP contribution in [0.4, 0.5) is 29.3 Å². The van der Waals surface area contributed by atoms with Crippen molar-refractivity contribution < 1.29 is 17.6 Å². The van der Waals surface area contributed by atoms with E-state index < -0.39 is 23.3 Å². The first-order valence-electron chi connectivity index (χ1n) is 11.2. The van der Waals surface area contributed by atoms with Gasteiger partial charge in [0.2, 0.25) is 5.95 Å². The molecule has 1 saturated heterocycles. The number of aromatic nitrogens is 7. The number of alkyl halides is 3. The van der Waals surface area contributed by atoms with E-state index in [1.165, 1.54) is 23.2 Å². The molecule has 0 unspecified atom stereocenters. The van der Waals surface area contributed by atoms with Crippen LogP contribution in [-0.4, -0.2) is 57.5 Å². The summed E-state index contributed by atoms with van der Waals surface area (Å²) in [5.74, 6) is -0.583. The van der Waals surface area contributed by atoms with Gasteiger partial charge in [0.05, 0.1) is 18.2 Å². The highest BCUT2D eigenvalue weighted by atomic mass is 32.2. The fraction of sp³-hybridized carbons (Fsp3) is 0.318. The van der Waals surface area contributed by atoms with Gasteiger partial charge in [-0.1, -0.05) is 0 Å². The second-order valence-corrected chi connectivity index (χ2v) is 9.61. The number of nitrogen functional groups attached to an aromatic ring is 1. The first-order chi connectivity index (χ1) is 17.7. The van der Waals surface area contributed by atoms with Crippen LogP contribution in [0.5, 0.6) is 0 Å². The van der Waals surface area contributed by atoms with Crippen LogP contribution in [0.15, 0.2) is 48.5 Å². The zero-order valence-electron chi connectivity index (χ0n) is 19.5. The van der Waals surface area contributed by atoms with Gasteiger partial charge in [-0.2, -0.15) is 13.2 Å². The van der Waals surface area contributed by atoms with Crippen LogP contribution in [0.3, 0.4) is 0 Å². The third-order valence-corrected chi connectivity index (χ3v) is 6.77. The maximum absolute atomic E-state index is 14.2. The molecule has 5 rings (SSSR count). The molecule has 1 aliphatic heterocycles. The quantitative estimate of drug-likeness (QED) is 0.282. The fourth-order valence-corrected chi connectivity index (χ4v) is 4.88. The minimum absolute atomic E-state index is 0.00236. The van der Waals surface area contributed by atoms with Gasteiger partial charge in [-0.3, -0.25) is 0 Å². The monoisotopic (exact) mass is 534 g/mol. The minimum Gasteiger partial charge on any atom is -0.384 e. The Morgan fingerprint density at radius 1 is 1.05 bits per heavy atom. The number of halogens is 4. The summed E-state index contributed by atoms with van der Waals surface area (Å²) in [4.78, 5) is 20.1. The van der Waals surface area contributed by atoms with E-state index in [4.69, 9.17) is 5.73 Å². The van der Waals surface area contributed by atoms with E-state index in [1.54, 1.807) is 18.3 Å². The lowest BCUT2D eigenvalue weighted by atomic mass is 10.1. The number of piperidine rings is 1. The molecular formula is C22H22F4N10S. The normalized spacial score (nSPS) is 15.3. The summed E-state index contributed by atoms with van der Waals surface area (Å²) in [6.07, 6.45) is 4.57. The topological polar surface area (TPSA) is 116 Å². The number of nitrogens with two attached hydrogens (primary N) is 1. The lowest BCUT2D eigenvalue weighted by molar-refractivity contribution is -0.137. The van der Waals surface area contributed by atoms with Crippen molar-refractivity contribution in [2.75, 3.05) is 24.1 Å². The molecule has 4 aromatic heterocycles. The number of hydrogen-bond donors (Lipinski definition) is 2. The Labute approximate surface area is 213 Å². The van der Waals surface area contributed by atoms with Crippen molar-refractivity contribution in [2.24, 2.45) is 7.05 Å². The molecule has 15 heteroatoms. The van der Waals surface area contributed by atoms with Gasteiger partial charge in [-0.15, -0.1) is 0 Å².